The molecular weight excluding hydrogens is 340 g/mol. The highest BCUT2D eigenvalue weighted by Crippen LogP contribution is 2.27. The van der Waals surface area contributed by atoms with Crippen molar-refractivity contribution in [2.45, 2.75) is 56.9 Å². The molecule has 0 atom stereocenters. The lowest BCUT2D eigenvalue weighted by molar-refractivity contribution is -0.146. The molecule has 0 bridgehead atoms. The van der Waals surface area contributed by atoms with Gasteiger partial charge in [-0.2, -0.15) is 0 Å². The lowest BCUT2D eigenvalue weighted by Gasteiger charge is -2.27. The second-order valence-electron chi connectivity index (χ2n) is 6.60. The van der Waals surface area contributed by atoms with Gasteiger partial charge in [-0.15, -0.1) is 0 Å². The fraction of sp³-hybridized carbons (Fsp3) is 0.611. The van der Waals surface area contributed by atoms with Crippen molar-refractivity contribution in [2.24, 2.45) is 5.92 Å². The molecule has 140 valence electrons. The summed E-state index contributed by atoms with van der Waals surface area (Å²) in [6, 6.07) is 5.00. The van der Waals surface area contributed by atoms with Crippen LogP contribution in [0.4, 0.5) is 5.69 Å². The van der Waals surface area contributed by atoms with E-state index in [0.29, 0.717) is 25.7 Å². The minimum Gasteiger partial charge on any atom is -0.469 e. The first-order chi connectivity index (χ1) is 11.9. The van der Waals surface area contributed by atoms with E-state index in [9.17, 15) is 13.2 Å². The molecule has 1 aromatic rings. The Hall–Kier alpha value is -1.60. The second kappa shape index (κ2) is 8.67. The maximum atomic E-state index is 12.7. The lowest BCUT2D eigenvalue weighted by Crippen LogP contribution is -2.38. The number of rotatable bonds is 7. The summed E-state index contributed by atoms with van der Waals surface area (Å²) in [6.45, 7) is 4.82. The molecule has 25 heavy (non-hydrogen) atoms. The molecule has 1 fully saturated rings. The first-order valence-electron chi connectivity index (χ1n) is 8.82. The maximum Gasteiger partial charge on any atom is 0.308 e. The Morgan fingerprint density at radius 3 is 2.52 bits per heavy atom. The van der Waals surface area contributed by atoms with Crippen LogP contribution in [-0.4, -0.2) is 34.1 Å². The van der Waals surface area contributed by atoms with Gasteiger partial charge in [-0.05, 0) is 56.7 Å². The molecule has 1 aliphatic rings. The average molecular weight is 368 g/mol. The van der Waals surface area contributed by atoms with Crippen molar-refractivity contribution in [3.63, 3.8) is 0 Å². The number of hydrogen-bond donors (Lipinski definition) is 2. The Balaban J connectivity index is 2.03. The monoisotopic (exact) mass is 368 g/mol. The standard InChI is InChI=1S/C18H28N2O4S/c1-4-11-19-17-12-16(10-5-13(17)2)25(22,23)20-15-8-6-14(7-9-15)18(21)24-3/h5,10,12,14-15,19-20H,4,6-9,11H2,1-3H3. The van der Waals surface area contributed by atoms with Gasteiger partial charge in [-0.1, -0.05) is 13.0 Å². The summed E-state index contributed by atoms with van der Waals surface area (Å²) in [5.41, 5.74) is 1.87. The van der Waals surface area contributed by atoms with Crippen molar-refractivity contribution in [2.75, 3.05) is 19.0 Å². The molecule has 1 aliphatic carbocycles. The van der Waals surface area contributed by atoms with Crippen LogP contribution in [0.1, 0.15) is 44.6 Å². The van der Waals surface area contributed by atoms with Crippen molar-refractivity contribution in [3.8, 4) is 0 Å². The van der Waals surface area contributed by atoms with Crippen LogP contribution < -0.4 is 10.0 Å². The van der Waals surface area contributed by atoms with E-state index in [1.165, 1.54) is 7.11 Å². The number of ether oxygens (including phenoxy) is 1. The third kappa shape index (κ3) is 5.19. The van der Waals surface area contributed by atoms with Crippen LogP contribution in [0.2, 0.25) is 0 Å². The molecule has 0 spiro atoms. The van der Waals surface area contributed by atoms with Gasteiger partial charge in [0.15, 0.2) is 0 Å². The number of carbonyl (C=O) groups excluding carboxylic acids is 1. The Kier molecular flexibility index (Phi) is 6.84. The summed E-state index contributed by atoms with van der Waals surface area (Å²) in [5, 5.41) is 3.26. The zero-order valence-corrected chi connectivity index (χ0v) is 16.0. The summed E-state index contributed by atoms with van der Waals surface area (Å²) in [4.78, 5) is 11.8. The SMILES string of the molecule is CCCNc1cc(S(=O)(=O)NC2CCC(C(=O)OC)CC2)ccc1C. The van der Waals surface area contributed by atoms with E-state index >= 15 is 0 Å². The van der Waals surface area contributed by atoms with Crippen LogP contribution in [0, 0.1) is 12.8 Å². The molecule has 2 rings (SSSR count). The average Bonchev–Trinajstić information content (AvgIpc) is 2.60. The quantitative estimate of drug-likeness (QED) is 0.723. The Bertz CT molecular complexity index is 695. The number of benzene rings is 1. The smallest absolute Gasteiger partial charge is 0.308 e. The van der Waals surface area contributed by atoms with E-state index in [1.807, 2.05) is 13.0 Å². The number of sulfonamides is 1. The molecule has 0 aromatic heterocycles. The van der Waals surface area contributed by atoms with Crippen LogP contribution in [0.15, 0.2) is 23.1 Å². The van der Waals surface area contributed by atoms with Crippen molar-refractivity contribution in [3.05, 3.63) is 23.8 Å². The fourth-order valence-corrected chi connectivity index (χ4v) is 4.45. The number of nitrogens with one attached hydrogen (secondary N) is 2. The summed E-state index contributed by atoms with van der Waals surface area (Å²) >= 11 is 0. The van der Waals surface area contributed by atoms with Crippen LogP contribution >= 0.6 is 0 Å². The van der Waals surface area contributed by atoms with Crippen LogP contribution in [0.3, 0.4) is 0 Å². The van der Waals surface area contributed by atoms with Crippen molar-refractivity contribution >= 4 is 21.7 Å². The van der Waals surface area contributed by atoms with Gasteiger partial charge in [-0.25, -0.2) is 13.1 Å². The molecule has 0 aliphatic heterocycles. The van der Waals surface area contributed by atoms with Crippen molar-refractivity contribution < 1.29 is 17.9 Å². The topological polar surface area (TPSA) is 84.5 Å². The number of anilines is 1. The summed E-state index contributed by atoms with van der Waals surface area (Å²) in [5.74, 6) is -0.318. The molecule has 2 N–H and O–H groups in total. The van der Waals surface area contributed by atoms with E-state index in [0.717, 1.165) is 24.2 Å². The fourth-order valence-electron chi connectivity index (χ4n) is 3.12. The van der Waals surface area contributed by atoms with E-state index in [4.69, 9.17) is 4.74 Å². The number of esters is 1. The highest BCUT2D eigenvalue weighted by Gasteiger charge is 2.29. The van der Waals surface area contributed by atoms with Crippen molar-refractivity contribution in [1.29, 1.82) is 0 Å². The molecule has 6 nitrogen and oxygen atoms in total. The highest BCUT2D eigenvalue weighted by atomic mass is 32.2. The number of hydrogen-bond acceptors (Lipinski definition) is 5. The number of carbonyl (C=O) groups is 1. The van der Waals surface area contributed by atoms with Gasteiger partial charge in [0.05, 0.1) is 17.9 Å². The summed E-state index contributed by atoms with van der Waals surface area (Å²) < 4.78 is 32.9. The second-order valence-corrected chi connectivity index (χ2v) is 8.31. The molecule has 0 amide bonds. The Labute approximate surface area is 150 Å². The van der Waals surface area contributed by atoms with Crippen LogP contribution in [0.25, 0.3) is 0 Å². The van der Waals surface area contributed by atoms with E-state index in [2.05, 4.69) is 17.0 Å². The predicted molar refractivity (Wildman–Crippen MR) is 98.0 cm³/mol. The largest absolute Gasteiger partial charge is 0.469 e. The maximum absolute atomic E-state index is 12.7. The molecule has 0 saturated heterocycles. The molecule has 7 heteroatoms. The van der Waals surface area contributed by atoms with Crippen LogP contribution in [-0.2, 0) is 19.6 Å². The van der Waals surface area contributed by atoms with Gasteiger partial charge in [0.2, 0.25) is 10.0 Å². The Morgan fingerprint density at radius 1 is 1.24 bits per heavy atom. The van der Waals surface area contributed by atoms with E-state index in [-0.39, 0.29) is 22.8 Å². The summed E-state index contributed by atoms with van der Waals surface area (Å²) in [7, 11) is -2.19. The number of aryl methyl sites for hydroxylation is 1. The zero-order valence-electron chi connectivity index (χ0n) is 15.2. The third-order valence-corrected chi connectivity index (χ3v) is 6.19. The molecule has 0 unspecified atom stereocenters. The van der Waals surface area contributed by atoms with Crippen molar-refractivity contribution in [1.82, 2.24) is 4.72 Å². The summed E-state index contributed by atoms with van der Waals surface area (Å²) in [6.07, 6.45) is 3.56. The van der Waals surface area contributed by atoms with E-state index < -0.39 is 10.0 Å². The van der Waals surface area contributed by atoms with E-state index in [1.54, 1.807) is 12.1 Å². The molecule has 0 heterocycles. The zero-order chi connectivity index (χ0) is 18.4. The molecule has 1 saturated carbocycles. The lowest BCUT2D eigenvalue weighted by atomic mass is 9.86. The Morgan fingerprint density at radius 2 is 1.92 bits per heavy atom. The predicted octanol–water partition coefficient (Wildman–Crippen LogP) is 2.83. The van der Waals surface area contributed by atoms with Gasteiger partial charge in [0.1, 0.15) is 0 Å². The first-order valence-corrected chi connectivity index (χ1v) is 10.3. The molecule has 0 radical (unpaired) electrons. The highest BCUT2D eigenvalue weighted by molar-refractivity contribution is 7.89. The third-order valence-electron chi connectivity index (χ3n) is 4.67. The minimum atomic E-state index is -3.57. The molecule has 1 aromatic carbocycles. The van der Waals surface area contributed by atoms with Gasteiger partial charge in [-0.3, -0.25) is 4.79 Å². The minimum absolute atomic E-state index is 0.116. The molecular formula is C18H28N2O4S. The first kappa shape index (κ1) is 19.7. The normalized spacial score (nSPS) is 20.9. The van der Waals surface area contributed by atoms with Crippen LogP contribution in [0.5, 0.6) is 0 Å². The number of methoxy groups -OCH3 is 1. The van der Waals surface area contributed by atoms with Gasteiger partial charge >= 0.3 is 5.97 Å². The van der Waals surface area contributed by atoms with Gasteiger partial charge in [0, 0.05) is 18.3 Å². The van der Waals surface area contributed by atoms with Gasteiger partial charge < -0.3 is 10.1 Å². The van der Waals surface area contributed by atoms with Gasteiger partial charge in [0.25, 0.3) is 0 Å².